The van der Waals surface area contributed by atoms with E-state index in [1.807, 2.05) is 36.4 Å². The highest BCUT2D eigenvalue weighted by molar-refractivity contribution is 6.32. The van der Waals surface area contributed by atoms with Crippen LogP contribution in [0.4, 0.5) is 4.39 Å². The monoisotopic (exact) mass is 461 g/mol. The zero-order chi connectivity index (χ0) is 23.2. The quantitative estimate of drug-likeness (QED) is 0.255. The number of rotatable bonds is 7. The van der Waals surface area contributed by atoms with Crippen LogP contribution in [-0.4, -0.2) is 17.2 Å². The van der Waals surface area contributed by atoms with Gasteiger partial charge >= 0.3 is 0 Å². The van der Waals surface area contributed by atoms with Crippen molar-refractivity contribution in [1.82, 2.24) is 10.7 Å². The number of halogens is 2. The first-order chi connectivity index (χ1) is 16.0. The molecule has 4 aromatic carbocycles. The second kappa shape index (κ2) is 10.3. The summed E-state index contributed by atoms with van der Waals surface area (Å²) in [6, 6.07) is 22.6. The summed E-state index contributed by atoms with van der Waals surface area (Å²) in [6.07, 6.45) is 1.60. The lowest BCUT2D eigenvalue weighted by Gasteiger charge is -2.11. The van der Waals surface area contributed by atoms with E-state index in [4.69, 9.17) is 11.6 Å². The van der Waals surface area contributed by atoms with Crippen molar-refractivity contribution >= 4 is 34.5 Å². The molecule has 0 heterocycles. The number of fused-ring (bicyclic) bond motifs is 1. The van der Waals surface area contributed by atoms with Gasteiger partial charge in [-0.05, 0) is 52.2 Å². The fraction of sp³-hybridized carbons (Fsp3) is 0.0769. The fourth-order valence-corrected chi connectivity index (χ4v) is 3.65. The number of amides is 1. The second-order valence-electron chi connectivity index (χ2n) is 7.45. The van der Waals surface area contributed by atoms with Crippen LogP contribution in [0.5, 0.6) is 5.75 Å². The molecule has 0 saturated carbocycles. The Labute approximate surface area is 195 Å². The molecule has 166 valence electrons. The van der Waals surface area contributed by atoms with Crippen molar-refractivity contribution in [3.63, 3.8) is 0 Å². The van der Waals surface area contributed by atoms with Crippen LogP contribution in [0.1, 0.15) is 27.0 Å². The molecule has 0 spiro atoms. The number of carbonyl (C=O) groups is 1. The number of nitrogens with zero attached hydrogens (tertiary/aromatic N) is 1. The van der Waals surface area contributed by atoms with E-state index in [1.54, 1.807) is 18.3 Å². The zero-order valence-corrected chi connectivity index (χ0v) is 18.3. The van der Waals surface area contributed by atoms with Gasteiger partial charge in [0.25, 0.3) is 5.91 Å². The average molecular weight is 462 g/mol. The molecule has 0 radical (unpaired) electrons. The Morgan fingerprint density at radius 3 is 2.48 bits per heavy atom. The summed E-state index contributed by atoms with van der Waals surface area (Å²) in [7, 11) is 0. The van der Waals surface area contributed by atoms with Crippen LogP contribution in [0, 0.1) is 5.82 Å². The molecule has 4 aromatic rings. The van der Waals surface area contributed by atoms with Gasteiger partial charge in [0.1, 0.15) is 11.6 Å². The normalized spacial score (nSPS) is 11.2. The minimum Gasteiger partial charge on any atom is -0.506 e. The third kappa shape index (κ3) is 5.55. The van der Waals surface area contributed by atoms with Crippen molar-refractivity contribution in [2.45, 2.75) is 13.1 Å². The number of phenols is 1. The van der Waals surface area contributed by atoms with Crippen LogP contribution in [0.3, 0.4) is 0 Å². The highest BCUT2D eigenvalue weighted by Gasteiger charge is 2.08. The van der Waals surface area contributed by atoms with Gasteiger partial charge < -0.3 is 10.4 Å². The molecule has 5 nitrogen and oxygen atoms in total. The summed E-state index contributed by atoms with van der Waals surface area (Å²) in [5, 5.41) is 19.1. The molecule has 0 aliphatic carbocycles. The SMILES string of the molecule is O=C(NN=Cc1ccc(CNCc2ccc(F)cc2)c2ccccc12)c1ccc(O)c(Cl)c1. The smallest absolute Gasteiger partial charge is 0.271 e. The van der Waals surface area contributed by atoms with Gasteiger partial charge in [-0.3, -0.25) is 4.79 Å². The number of hydrazone groups is 1. The number of hydrogen-bond donors (Lipinski definition) is 3. The van der Waals surface area contributed by atoms with E-state index in [-0.39, 0.29) is 16.6 Å². The number of phenolic OH excluding ortho intramolecular Hbond substituents is 1. The highest BCUT2D eigenvalue weighted by atomic mass is 35.5. The Bertz CT molecular complexity index is 1320. The summed E-state index contributed by atoms with van der Waals surface area (Å²) in [5.74, 6) is -0.764. The van der Waals surface area contributed by atoms with Gasteiger partial charge in [0.05, 0.1) is 11.2 Å². The number of nitrogens with one attached hydrogen (secondary N) is 2. The molecule has 33 heavy (non-hydrogen) atoms. The van der Waals surface area contributed by atoms with Gasteiger partial charge in [0.15, 0.2) is 0 Å². The molecule has 0 aliphatic heterocycles. The lowest BCUT2D eigenvalue weighted by atomic mass is 10.00. The van der Waals surface area contributed by atoms with Crippen molar-refractivity contribution in [3.8, 4) is 5.75 Å². The number of aromatic hydroxyl groups is 1. The van der Waals surface area contributed by atoms with Crippen molar-refractivity contribution in [2.75, 3.05) is 0 Å². The van der Waals surface area contributed by atoms with Crippen molar-refractivity contribution in [2.24, 2.45) is 5.10 Å². The fourth-order valence-electron chi connectivity index (χ4n) is 3.47. The van der Waals surface area contributed by atoms with Crippen molar-refractivity contribution in [1.29, 1.82) is 0 Å². The molecular weight excluding hydrogens is 441 g/mol. The predicted molar refractivity (Wildman–Crippen MR) is 129 cm³/mol. The molecule has 3 N–H and O–H groups in total. The van der Waals surface area contributed by atoms with Crippen LogP contribution >= 0.6 is 11.6 Å². The Kier molecular flexibility index (Phi) is 6.98. The summed E-state index contributed by atoms with van der Waals surface area (Å²) in [4.78, 5) is 12.3. The van der Waals surface area contributed by atoms with Crippen LogP contribution < -0.4 is 10.7 Å². The van der Waals surface area contributed by atoms with E-state index in [0.29, 0.717) is 18.7 Å². The Hall–Kier alpha value is -3.74. The van der Waals surface area contributed by atoms with E-state index in [2.05, 4.69) is 15.8 Å². The van der Waals surface area contributed by atoms with Gasteiger partial charge in [-0.1, -0.05) is 60.1 Å². The highest BCUT2D eigenvalue weighted by Crippen LogP contribution is 2.24. The lowest BCUT2D eigenvalue weighted by Crippen LogP contribution is -2.17. The third-order valence-corrected chi connectivity index (χ3v) is 5.49. The molecule has 0 bridgehead atoms. The molecule has 0 saturated heterocycles. The molecule has 0 atom stereocenters. The molecule has 0 aliphatic rings. The lowest BCUT2D eigenvalue weighted by molar-refractivity contribution is 0.0955. The third-order valence-electron chi connectivity index (χ3n) is 5.19. The van der Waals surface area contributed by atoms with Crippen LogP contribution in [0.2, 0.25) is 5.02 Å². The van der Waals surface area contributed by atoms with Crippen LogP contribution in [0.25, 0.3) is 10.8 Å². The number of benzene rings is 4. The van der Waals surface area contributed by atoms with Gasteiger partial charge in [0.2, 0.25) is 0 Å². The topological polar surface area (TPSA) is 73.7 Å². The molecule has 0 aromatic heterocycles. The minimum atomic E-state index is -0.431. The Morgan fingerprint density at radius 2 is 1.73 bits per heavy atom. The van der Waals surface area contributed by atoms with Crippen molar-refractivity contribution < 1.29 is 14.3 Å². The zero-order valence-electron chi connectivity index (χ0n) is 17.6. The molecule has 7 heteroatoms. The maximum atomic E-state index is 13.1. The van der Waals surface area contributed by atoms with Crippen LogP contribution in [-0.2, 0) is 13.1 Å². The first-order valence-corrected chi connectivity index (χ1v) is 10.7. The molecule has 1 amide bonds. The summed E-state index contributed by atoms with van der Waals surface area (Å²) < 4.78 is 13.1. The first kappa shape index (κ1) is 22.5. The first-order valence-electron chi connectivity index (χ1n) is 10.3. The van der Waals surface area contributed by atoms with Crippen LogP contribution in [0.15, 0.2) is 84.0 Å². The summed E-state index contributed by atoms with van der Waals surface area (Å²) in [5.41, 5.74) is 5.76. The molecule has 4 rings (SSSR count). The predicted octanol–water partition coefficient (Wildman–Crippen LogP) is 5.39. The summed E-state index contributed by atoms with van der Waals surface area (Å²) in [6.45, 7) is 1.28. The maximum Gasteiger partial charge on any atom is 0.271 e. The maximum absolute atomic E-state index is 13.1. The average Bonchev–Trinajstić information content (AvgIpc) is 2.83. The van der Waals surface area contributed by atoms with Gasteiger partial charge in [0, 0.05) is 24.2 Å². The molecule has 0 fully saturated rings. The van der Waals surface area contributed by atoms with E-state index >= 15 is 0 Å². The van der Waals surface area contributed by atoms with E-state index in [9.17, 15) is 14.3 Å². The number of hydrogen-bond acceptors (Lipinski definition) is 4. The summed E-state index contributed by atoms with van der Waals surface area (Å²) >= 11 is 5.86. The van der Waals surface area contributed by atoms with Gasteiger partial charge in [-0.2, -0.15) is 5.10 Å². The molecular formula is C26H21ClFN3O2. The van der Waals surface area contributed by atoms with E-state index < -0.39 is 5.91 Å². The van der Waals surface area contributed by atoms with Gasteiger partial charge in [-0.25, -0.2) is 9.82 Å². The number of carbonyl (C=O) groups excluding carboxylic acids is 1. The minimum absolute atomic E-state index is 0.0876. The largest absolute Gasteiger partial charge is 0.506 e. The standard InChI is InChI=1S/C26H21ClFN3O2/c27-24-13-18(9-12-25(24)32)26(33)31-30-16-20-8-7-19(22-3-1-2-4-23(20)22)15-29-14-17-5-10-21(28)11-6-17/h1-13,16,29,32H,14-15H2,(H,31,33). The Morgan fingerprint density at radius 1 is 0.970 bits per heavy atom. The van der Waals surface area contributed by atoms with E-state index in [1.165, 1.54) is 30.3 Å². The van der Waals surface area contributed by atoms with Gasteiger partial charge in [-0.15, -0.1) is 0 Å². The molecule has 0 unspecified atom stereocenters. The van der Waals surface area contributed by atoms with E-state index in [0.717, 1.165) is 27.5 Å². The Balaban J connectivity index is 1.45. The second-order valence-corrected chi connectivity index (χ2v) is 7.86. The van der Waals surface area contributed by atoms with Crippen molar-refractivity contribution in [3.05, 3.63) is 112 Å².